The number of piperidine rings is 1. The number of carbonyl (C=O) groups excluding carboxylic acids is 2. The van der Waals surface area contributed by atoms with Crippen LogP contribution in [0.25, 0.3) is 0 Å². The summed E-state index contributed by atoms with van der Waals surface area (Å²) in [6, 6.07) is 5.87. The Hall–Kier alpha value is -1.95. The number of carbonyl (C=O) groups is 2. The third-order valence-electron chi connectivity index (χ3n) is 4.63. The maximum atomic E-state index is 12.9. The van der Waals surface area contributed by atoms with E-state index in [0.29, 0.717) is 6.54 Å². The van der Waals surface area contributed by atoms with Crippen LogP contribution < -0.4 is 5.32 Å². The number of nitrogens with one attached hydrogen (secondary N) is 1. The Balaban J connectivity index is 1.79. The molecule has 1 heterocycles. The normalized spacial score (nSPS) is 17.3. The van der Waals surface area contributed by atoms with Gasteiger partial charge in [-0.1, -0.05) is 12.1 Å². The molecule has 0 bridgehead atoms. The molecule has 1 aliphatic rings. The molecule has 0 spiro atoms. The molecule has 6 heteroatoms. The zero-order chi connectivity index (χ0) is 17.7. The van der Waals surface area contributed by atoms with Crippen LogP contribution in [0.2, 0.25) is 0 Å². The lowest BCUT2D eigenvalue weighted by Gasteiger charge is -2.35. The van der Waals surface area contributed by atoms with Gasteiger partial charge in [0, 0.05) is 26.6 Å². The second-order valence-electron chi connectivity index (χ2n) is 6.56. The van der Waals surface area contributed by atoms with Crippen molar-refractivity contribution >= 4 is 11.8 Å². The van der Waals surface area contributed by atoms with Crippen LogP contribution in [-0.2, 0) is 16.1 Å². The summed E-state index contributed by atoms with van der Waals surface area (Å²) in [5.41, 5.74) is 0.868. The lowest BCUT2D eigenvalue weighted by molar-refractivity contribution is -0.135. The van der Waals surface area contributed by atoms with E-state index in [1.54, 1.807) is 31.1 Å². The highest BCUT2D eigenvalue weighted by molar-refractivity contribution is 5.81. The van der Waals surface area contributed by atoms with Crippen molar-refractivity contribution in [3.8, 4) is 0 Å². The van der Waals surface area contributed by atoms with Gasteiger partial charge in [-0.15, -0.1) is 0 Å². The smallest absolute Gasteiger partial charge is 0.237 e. The molecule has 1 fully saturated rings. The van der Waals surface area contributed by atoms with E-state index in [9.17, 15) is 14.0 Å². The fourth-order valence-electron chi connectivity index (χ4n) is 3.00. The standard InChI is InChI=1S/C18H26FN3O2/c1-13(17(23)20-12-14-4-6-16(19)7-5-14)22-10-8-15(9-11-22)18(24)21(2)3/h4-7,13,15H,8-12H2,1-3H3,(H,20,23). The van der Waals surface area contributed by atoms with Crippen LogP contribution in [0.15, 0.2) is 24.3 Å². The Morgan fingerprint density at radius 2 is 1.83 bits per heavy atom. The molecular weight excluding hydrogens is 309 g/mol. The highest BCUT2D eigenvalue weighted by Crippen LogP contribution is 2.20. The predicted octanol–water partition coefficient (Wildman–Crippen LogP) is 1.63. The molecule has 24 heavy (non-hydrogen) atoms. The number of halogens is 1. The van der Waals surface area contributed by atoms with Crippen molar-refractivity contribution < 1.29 is 14.0 Å². The summed E-state index contributed by atoms with van der Waals surface area (Å²) in [6.07, 6.45) is 1.57. The summed E-state index contributed by atoms with van der Waals surface area (Å²) in [6.45, 7) is 3.76. The average Bonchev–Trinajstić information content (AvgIpc) is 2.59. The van der Waals surface area contributed by atoms with Crippen molar-refractivity contribution in [3.63, 3.8) is 0 Å². The summed E-state index contributed by atoms with van der Waals surface area (Å²) < 4.78 is 12.9. The average molecular weight is 335 g/mol. The summed E-state index contributed by atoms with van der Waals surface area (Å²) >= 11 is 0. The van der Waals surface area contributed by atoms with Gasteiger partial charge in [-0.2, -0.15) is 0 Å². The molecule has 1 aromatic rings. The van der Waals surface area contributed by atoms with Crippen LogP contribution in [0.5, 0.6) is 0 Å². The van der Waals surface area contributed by atoms with E-state index < -0.39 is 0 Å². The van der Waals surface area contributed by atoms with Gasteiger partial charge < -0.3 is 10.2 Å². The SMILES string of the molecule is CC(C(=O)NCc1ccc(F)cc1)N1CCC(C(=O)N(C)C)CC1. The van der Waals surface area contributed by atoms with Crippen molar-refractivity contribution in [2.45, 2.75) is 32.4 Å². The summed E-state index contributed by atoms with van der Waals surface area (Å²) in [4.78, 5) is 28.0. The minimum Gasteiger partial charge on any atom is -0.351 e. The molecular formula is C18H26FN3O2. The van der Waals surface area contributed by atoms with Gasteiger partial charge in [0.05, 0.1) is 6.04 Å². The zero-order valence-corrected chi connectivity index (χ0v) is 14.6. The van der Waals surface area contributed by atoms with Gasteiger partial charge in [-0.05, 0) is 50.6 Å². The van der Waals surface area contributed by atoms with Crippen LogP contribution in [0.4, 0.5) is 4.39 Å². The highest BCUT2D eigenvalue weighted by Gasteiger charge is 2.30. The quantitative estimate of drug-likeness (QED) is 0.890. The number of amides is 2. The third kappa shape index (κ3) is 4.77. The molecule has 132 valence electrons. The van der Waals surface area contributed by atoms with Crippen LogP contribution in [0.1, 0.15) is 25.3 Å². The zero-order valence-electron chi connectivity index (χ0n) is 14.6. The molecule has 0 aromatic heterocycles. The van der Waals surface area contributed by atoms with Gasteiger partial charge in [0.2, 0.25) is 11.8 Å². The van der Waals surface area contributed by atoms with E-state index in [1.807, 2.05) is 6.92 Å². The molecule has 0 aliphatic carbocycles. The Bertz CT molecular complexity index is 566. The molecule has 0 radical (unpaired) electrons. The Morgan fingerprint density at radius 1 is 1.25 bits per heavy atom. The van der Waals surface area contributed by atoms with Crippen molar-refractivity contribution in [1.82, 2.24) is 15.1 Å². The molecule has 1 N–H and O–H groups in total. The van der Waals surface area contributed by atoms with Gasteiger partial charge in [-0.3, -0.25) is 14.5 Å². The first-order valence-electron chi connectivity index (χ1n) is 8.36. The summed E-state index contributed by atoms with van der Waals surface area (Å²) in [5.74, 6) is -0.0981. The summed E-state index contributed by atoms with van der Waals surface area (Å²) in [5, 5.41) is 2.89. The first kappa shape index (κ1) is 18.4. The number of rotatable bonds is 5. The fourth-order valence-corrected chi connectivity index (χ4v) is 3.00. The molecule has 0 saturated carbocycles. The van der Waals surface area contributed by atoms with Gasteiger partial charge in [0.15, 0.2) is 0 Å². The van der Waals surface area contributed by atoms with Crippen LogP contribution in [0, 0.1) is 11.7 Å². The van der Waals surface area contributed by atoms with E-state index in [0.717, 1.165) is 31.5 Å². The van der Waals surface area contributed by atoms with Crippen LogP contribution in [0.3, 0.4) is 0 Å². The van der Waals surface area contributed by atoms with Gasteiger partial charge in [0.25, 0.3) is 0 Å². The van der Waals surface area contributed by atoms with Crippen molar-refractivity contribution in [2.24, 2.45) is 5.92 Å². The number of hydrogen-bond acceptors (Lipinski definition) is 3. The minimum atomic E-state index is -0.284. The lowest BCUT2D eigenvalue weighted by atomic mass is 9.94. The highest BCUT2D eigenvalue weighted by atomic mass is 19.1. The van der Waals surface area contributed by atoms with E-state index in [1.165, 1.54) is 12.1 Å². The third-order valence-corrected chi connectivity index (χ3v) is 4.63. The Labute approximate surface area is 142 Å². The van der Waals surface area contributed by atoms with E-state index in [2.05, 4.69) is 10.2 Å². The first-order valence-corrected chi connectivity index (χ1v) is 8.36. The predicted molar refractivity (Wildman–Crippen MR) is 90.7 cm³/mol. The number of benzene rings is 1. The maximum Gasteiger partial charge on any atom is 0.237 e. The van der Waals surface area contributed by atoms with E-state index in [-0.39, 0.29) is 29.6 Å². The molecule has 1 atom stereocenters. The van der Waals surface area contributed by atoms with Crippen LogP contribution >= 0.6 is 0 Å². The Kier molecular flexibility index (Phi) is 6.31. The molecule has 1 aromatic carbocycles. The molecule has 1 aliphatic heterocycles. The van der Waals surface area contributed by atoms with Crippen molar-refractivity contribution in [1.29, 1.82) is 0 Å². The maximum absolute atomic E-state index is 12.9. The Morgan fingerprint density at radius 3 is 2.38 bits per heavy atom. The number of nitrogens with zero attached hydrogens (tertiary/aromatic N) is 2. The number of likely N-dealkylation sites (tertiary alicyclic amines) is 1. The first-order chi connectivity index (χ1) is 11.4. The van der Waals surface area contributed by atoms with E-state index >= 15 is 0 Å². The van der Waals surface area contributed by atoms with Crippen molar-refractivity contribution in [3.05, 3.63) is 35.6 Å². The lowest BCUT2D eigenvalue weighted by Crippen LogP contribution is -2.49. The van der Waals surface area contributed by atoms with Gasteiger partial charge in [-0.25, -0.2) is 4.39 Å². The van der Waals surface area contributed by atoms with Gasteiger partial charge in [0.1, 0.15) is 5.82 Å². The fraction of sp³-hybridized carbons (Fsp3) is 0.556. The van der Waals surface area contributed by atoms with Crippen LogP contribution in [-0.4, -0.2) is 54.8 Å². The largest absolute Gasteiger partial charge is 0.351 e. The molecule has 1 unspecified atom stereocenters. The van der Waals surface area contributed by atoms with E-state index in [4.69, 9.17) is 0 Å². The monoisotopic (exact) mass is 335 g/mol. The minimum absolute atomic E-state index is 0.0447. The molecule has 5 nitrogen and oxygen atoms in total. The second-order valence-corrected chi connectivity index (χ2v) is 6.56. The molecule has 2 amide bonds. The summed E-state index contributed by atoms with van der Waals surface area (Å²) in [7, 11) is 3.56. The number of hydrogen-bond donors (Lipinski definition) is 1. The molecule has 2 rings (SSSR count). The van der Waals surface area contributed by atoms with Gasteiger partial charge >= 0.3 is 0 Å². The molecule has 1 saturated heterocycles. The van der Waals surface area contributed by atoms with Crippen molar-refractivity contribution in [2.75, 3.05) is 27.2 Å². The second kappa shape index (κ2) is 8.24. The topological polar surface area (TPSA) is 52.7 Å².